The fraction of sp³-hybridized carbons (Fsp3) is 0.190. The first kappa shape index (κ1) is 20.5. The van der Waals surface area contributed by atoms with Crippen LogP contribution in [0, 0.1) is 0 Å². The topological polar surface area (TPSA) is 83.3 Å². The summed E-state index contributed by atoms with van der Waals surface area (Å²) in [5.74, 6) is -0.376. The van der Waals surface area contributed by atoms with E-state index in [0.717, 1.165) is 5.56 Å². The van der Waals surface area contributed by atoms with Crippen LogP contribution < -0.4 is 0 Å². The number of hydrogen-bond donors (Lipinski definition) is 0. The van der Waals surface area contributed by atoms with Crippen molar-refractivity contribution < 1.29 is 18.5 Å². The minimum absolute atomic E-state index is 0.156. The van der Waals surface area contributed by atoms with Crippen LogP contribution in [0.2, 0.25) is 0 Å². The molecule has 1 aromatic heterocycles. The summed E-state index contributed by atoms with van der Waals surface area (Å²) in [6.45, 7) is 0.546. The van der Waals surface area contributed by atoms with Gasteiger partial charge in [0, 0.05) is 0 Å². The predicted molar refractivity (Wildman–Crippen MR) is 109 cm³/mol. The van der Waals surface area contributed by atoms with Gasteiger partial charge in [0.15, 0.2) is 0 Å². The van der Waals surface area contributed by atoms with Gasteiger partial charge in [-0.3, -0.25) is 4.21 Å². The van der Waals surface area contributed by atoms with E-state index in [1.165, 1.54) is 20.5 Å². The van der Waals surface area contributed by atoms with Gasteiger partial charge in [0.2, 0.25) is 5.16 Å². The zero-order chi connectivity index (χ0) is 20.6. The van der Waals surface area contributed by atoms with Crippen LogP contribution in [0.1, 0.15) is 16.7 Å². The molecule has 0 aliphatic heterocycles. The molecule has 3 aromatic rings. The highest BCUT2D eigenvalue weighted by molar-refractivity contribution is 7.84. The Morgan fingerprint density at radius 1 is 1.10 bits per heavy atom. The number of carbonyl (C=O) groups excluding carboxylic acids is 1. The molecule has 0 bridgehead atoms. The zero-order valence-electron chi connectivity index (χ0n) is 16.1. The van der Waals surface area contributed by atoms with Crippen LogP contribution >= 0.6 is 0 Å². The third-order valence-electron chi connectivity index (χ3n) is 4.14. The van der Waals surface area contributed by atoms with Gasteiger partial charge in [-0.05, 0) is 16.7 Å². The average Bonchev–Trinajstić information content (AvgIpc) is 3.21. The van der Waals surface area contributed by atoms with Crippen LogP contribution in [0.15, 0.2) is 72.3 Å². The van der Waals surface area contributed by atoms with Crippen molar-refractivity contribution in [3.8, 4) is 0 Å². The maximum atomic E-state index is 12.9. The molecule has 7 nitrogen and oxygen atoms in total. The van der Waals surface area contributed by atoms with Crippen LogP contribution in [0.25, 0.3) is 5.57 Å². The minimum Gasteiger partial charge on any atom is -0.503 e. The third-order valence-corrected chi connectivity index (χ3v) is 5.31. The second-order valence-electron chi connectivity index (χ2n) is 6.12. The van der Waals surface area contributed by atoms with Crippen molar-refractivity contribution in [2.45, 2.75) is 17.5 Å². The lowest BCUT2D eigenvalue weighted by atomic mass is 10.0. The molecule has 0 fully saturated rings. The summed E-state index contributed by atoms with van der Waals surface area (Å²) in [6.07, 6.45) is 2.89. The second kappa shape index (κ2) is 9.79. The Kier molecular flexibility index (Phi) is 6.91. The van der Waals surface area contributed by atoms with E-state index < -0.39 is 16.8 Å². The maximum absolute atomic E-state index is 12.9. The van der Waals surface area contributed by atoms with Crippen molar-refractivity contribution in [1.29, 1.82) is 0 Å². The molecule has 0 spiro atoms. The van der Waals surface area contributed by atoms with Crippen molar-refractivity contribution >= 4 is 22.3 Å². The quantitative estimate of drug-likeness (QED) is 0.322. The van der Waals surface area contributed by atoms with E-state index >= 15 is 0 Å². The van der Waals surface area contributed by atoms with Crippen molar-refractivity contribution in [3.63, 3.8) is 0 Å². The molecule has 0 aliphatic rings. The van der Waals surface area contributed by atoms with E-state index in [2.05, 4.69) is 10.1 Å². The van der Waals surface area contributed by atoms with Gasteiger partial charge in [0.25, 0.3) is 0 Å². The standard InChI is InChI=1S/C21H21N3O4S/c1-27-13-19(20(25)28-2)18-11-7-6-10-17(18)14-29(26)21-22-15-24(23-21)12-16-8-4-3-5-9-16/h3-11,13,15H,12,14H2,1-2H3/b19-13-. The fourth-order valence-corrected chi connectivity index (χ4v) is 3.82. The monoisotopic (exact) mass is 411 g/mol. The Balaban J connectivity index is 1.80. The lowest BCUT2D eigenvalue weighted by Gasteiger charge is -2.10. The highest BCUT2D eigenvalue weighted by Gasteiger charge is 2.19. The van der Waals surface area contributed by atoms with E-state index in [0.29, 0.717) is 17.7 Å². The van der Waals surface area contributed by atoms with Gasteiger partial charge in [-0.15, -0.1) is 5.10 Å². The molecule has 1 heterocycles. The number of nitrogens with zero attached hydrogens (tertiary/aromatic N) is 3. The number of benzene rings is 2. The van der Waals surface area contributed by atoms with Crippen molar-refractivity contribution in [2.24, 2.45) is 0 Å². The summed E-state index contributed by atoms with van der Waals surface area (Å²) < 4.78 is 24.4. The number of hydrogen-bond acceptors (Lipinski definition) is 6. The highest BCUT2D eigenvalue weighted by Crippen LogP contribution is 2.23. The molecule has 0 radical (unpaired) electrons. The molecule has 150 valence electrons. The van der Waals surface area contributed by atoms with Crippen LogP contribution in [0.5, 0.6) is 0 Å². The van der Waals surface area contributed by atoms with Gasteiger partial charge in [-0.2, -0.15) is 0 Å². The molecule has 1 atom stereocenters. The molecule has 1 unspecified atom stereocenters. The fourth-order valence-electron chi connectivity index (χ4n) is 2.79. The molecule has 2 aromatic carbocycles. The van der Waals surface area contributed by atoms with Gasteiger partial charge >= 0.3 is 5.97 Å². The van der Waals surface area contributed by atoms with E-state index in [4.69, 9.17) is 9.47 Å². The van der Waals surface area contributed by atoms with E-state index in [1.54, 1.807) is 29.2 Å². The summed E-state index contributed by atoms with van der Waals surface area (Å²) >= 11 is 0. The largest absolute Gasteiger partial charge is 0.503 e. The maximum Gasteiger partial charge on any atom is 0.341 e. The molecular weight excluding hydrogens is 390 g/mol. The van der Waals surface area contributed by atoms with Crippen LogP contribution in [0.3, 0.4) is 0 Å². The average molecular weight is 411 g/mol. The molecule has 0 amide bonds. The summed E-state index contributed by atoms with van der Waals surface area (Å²) in [6, 6.07) is 17.0. The number of rotatable bonds is 8. The first-order valence-electron chi connectivity index (χ1n) is 8.83. The zero-order valence-corrected chi connectivity index (χ0v) is 17.0. The predicted octanol–water partition coefficient (Wildman–Crippen LogP) is 2.79. The molecule has 0 aliphatic carbocycles. The molecule has 3 rings (SSSR count). The number of esters is 1. The van der Waals surface area contributed by atoms with Crippen LogP contribution in [-0.4, -0.2) is 39.2 Å². The summed E-state index contributed by atoms with van der Waals surface area (Å²) in [5, 5.41) is 4.58. The first-order chi connectivity index (χ1) is 14.1. The third kappa shape index (κ3) is 5.17. The number of carbonyl (C=O) groups is 1. The molecule has 0 saturated carbocycles. The van der Waals surface area contributed by atoms with Crippen molar-refractivity contribution in [2.75, 3.05) is 14.2 Å². The van der Waals surface area contributed by atoms with E-state index in [-0.39, 0.29) is 16.5 Å². The van der Waals surface area contributed by atoms with Crippen molar-refractivity contribution in [3.05, 3.63) is 83.9 Å². The Morgan fingerprint density at radius 2 is 1.83 bits per heavy atom. The van der Waals surface area contributed by atoms with Crippen molar-refractivity contribution in [1.82, 2.24) is 14.8 Å². The van der Waals surface area contributed by atoms with E-state index in [9.17, 15) is 9.00 Å². The Labute approximate surface area is 171 Å². The van der Waals surface area contributed by atoms with Crippen LogP contribution in [-0.2, 0) is 37.4 Å². The van der Waals surface area contributed by atoms with Gasteiger partial charge in [-0.1, -0.05) is 54.6 Å². The summed E-state index contributed by atoms with van der Waals surface area (Å²) in [4.78, 5) is 16.3. The molecule has 29 heavy (non-hydrogen) atoms. The summed E-state index contributed by atoms with van der Waals surface area (Å²) in [5.41, 5.74) is 2.63. The number of aromatic nitrogens is 3. The van der Waals surface area contributed by atoms with Crippen LogP contribution in [0.4, 0.5) is 0 Å². The molecule has 0 saturated heterocycles. The SMILES string of the molecule is CO/C=C(\C(=O)OC)c1ccccc1CS(=O)c1ncn(Cc2ccccc2)n1. The van der Waals surface area contributed by atoms with Gasteiger partial charge in [0.1, 0.15) is 11.9 Å². The smallest absolute Gasteiger partial charge is 0.341 e. The minimum atomic E-state index is -1.48. The van der Waals surface area contributed by atoms with Gasteiger partial charge < -0.3 is 9.47 Å². The molecular formula is C21H21N3O4S. The lowest BCUT2D eigenvalue weighted by Crippen LogP contribution is -2.09. The highest BCUT2D eigenvalue weighted by atomic mass is 32.2. The second-order valence-corrected chi connectivity index (χ2v) is 7.46. The van der Waals surface area contributed by atoms with E-state index in [1.807, 2.05) is 36.4 Å². The molecule has 0 N–H and O–H groups in total. The Bertz CT molecular complexity index is 1030. The summed E-state index contributed by atoms with van der Waals surface area (Å²) in [7, 11) is 1.27. The number of ether oxygens (including phenoxy) is 2. The Hall–Kier alpha value is -3.26. The molecule has 8 heteroatoms. The number of methoxy groups -OCH3 is 2. The van der Waals surface area contributed by atoms with Gasteiger partial charge in [-0.25, -0.2) is 14.5 Å². The van der Waals surface area contributed by atoms with Gasteiger partial charge in [0.05, 0.1) is 43.6 Å². The first-order valence-corrected chi connectivity index (χ1v) is 10.2. The Morgan fingerprint density at radius 3 is 2.55 bits per heavy atom. The lowest BCUT2D eigenvalue weighted by molar-refractivity contribution is -0.133. The normalized spacial score (nSPS) is 12.4.